The molecule has 0 aliphatic heterocycles. The first kappa shape index (κ1) is 19.8. The van der Waals surface area contributed by atoms with E-state index in [1.165, 1.54) is 0 Å². The second-order valence-electron chi connectivity index (χ2n) is 6.65. The summed E-state index contributed by atoms with van der Waals surface area (Å²) in [6, 6.07) is 8.07. The number of ether oxygens (including phenoxy) is 1. The molecule has 2 atom stereocenters. The molecule has 1 fully saturated rings. The molecular formula is C18H29ClN2O2. The number of benzene rings is 1. The molecule has 3 N–H and O–H groups in total. The normalized spacial score (nSPS) is 20.7. The fourth-order valence-electron chi connectivity index (χ4n) is 2.84. The molecule has 1 aliphatic rings. The molecule has 1 aromatic rings. The van der Waals surface area contributed by atoms with E-state index in [2.05, 4.69) is 19.2 Å². The number of nitrogens with one attached hydrogen (secondary N) is 1. The fraction of sp³-hybridized carbons (Fsp3) is 0.611. The Bertz CT molecular complexity index is 494. The number of carbonyl (C=O) groups excluding carboxylic acids is 1. The van der Waals surface area contributed by atoms with E-state index in [0.29, 0.717) is 19.1 Å². The van der Waals surface area contributed by atoms with Crippen LogP contribution in [0.2, 0.25) is 0 Å². The molecule has 2 rings (SSSR count). The van der Waals surface area contributed by atoms with E-state index in [1.54, 1.807) is 0 Å². The van der Waals surface area contributed by atoms with Crippen LogP contribution in [0.3, 0.4) is 0 Å². The smallest absolute Gasteiger partial charge is 0.223 e. The third kappa shape index (κ3) is 6.40. The molecule has 1 aliphatic carbocycles. The summed E-state index contributed by atoms with van der Waals surface area (Å²) in [5.41, 5.74) is 6.99. The Morgan fingerprint density at radius 2 is 2.09 bits per heavy atom. The first-order valence-corrected chi connectivity index (χ1v) is 8.30. The van der Waals surface area contributed by atoms with Crippen LogP contribution in [0.4, 0.5) is 0 Å². The lowest BCUT2D eigenvalue weighted by atomic mass is 9.85. The molecule has 0 spiro atoms. The van der Waals surface area contributed by atoms with E-state index in [4.69, 9.17) is 10.5 Å². The van der Waals surface area contributed by atoms with Crippen LogP contribution >= 0.6 is 12.4 Å². The van der Waals surface area contributed by atoms with Gasteiger partial charge in [0.05, 0.1) is 6.61 Å². The van der Waals surface area contributed by atoms with Crippen LogP contribution in [-0.4, -0.2) is 18.6 Å². The summed E-state index contributed by atoms with van der Waals surface area (Å²) in [6.07, 6.45) is 3.84. The summed E-state index contributed by atoms with van der Waals surface area (Å²) in [4.78, 5) is 12.3. The predicted octanol–water partition coefficient (Wildman–Crippen LogP) is 3.28. The van der Waals surface area contributed by atoms with Gasteiger partial charge >= 0.3 is 0 Å². The van der Waals surface area contributed by atoms with Crippen molar-refractivity contribution in [3.63, 3.8) is 0 Å². The van der Waals surface area contributed by atoms with Crippen LogP contribution < -0.4 is 15.8 Å². The average Bonchev–Trinajstić information content (AvgIpc) is 2.51. The monoisotopic (exact) mass is 340 g/mol. The zero-order chi connectivity index (χ0) is 15.9. The highest BCUT2D eigenvalue weighted by molar-refractivity contribution is 5.85. The van der Waals surface area contributed by atoms with Crippen molar-refractivity contribution in [1.29, 1.82) is 0 Å². The molecule has 1 amide bonds. The second kappa shape index (κ2) is 9.78. The van der Waals surface area contributed by atoms with Gasteiger partial charge in [-0.2, -0.15) is 0 Å². The third-order valence-electron chi connectivity index (χ3n) is 4.08. The van der Waals surface area contributed by atoms with Gasteiger partial charge in [-0.05, 0) is 31.2 Å². The summed E-state index contributed by atoms with van der Waals surface area (Å²) >= 11 is 0. The summed E-state index contributed by atoms with van der Waals surface area (Å²) in [5, 5.41) is 3.04. The van der Waals surface area contributed by atoms with Gasteiger partial charge < -0.3 is 15.8 Å². The molecule has 0 saturated heterocycles. The van der Waals surface area contributed by atoms with Crippen molar-refractivity contribution in [2.24, 2.45) is 17.6 Å². The number of hydrogen-bond donors (Lipinski definition) is 2. The van der Waals surface area contributed by atoms with Gasteiger partial charge in [-0.15, -0.1) is 12.4 Å². The summed E-state index contributed by atoms with van der Waals surface area (Å²) < 4.78 is 5.82. The highest BCUT2D eigenvalue weighted by atomic mass is 35.5. The van der Waals surface area contributed by atoms with Gasteiger partial charge in [0.2, 0.25) is 5.91 Å². The first-order chi connectivity index (χ1) is 10.6. The van der Waals surface area contributed by atoms with Gasteiger partial charge in [-0.25, -0.2) is 0 Å². The largest absolute Gasteiger partial charge is 0.493 e. The van der Waals surface area contributed by atoms with E-state index in [-0.39, 0.29) is 30.3 Å². The van der Waals surface area contributed by atoms with Crippen molar-refractivity contribution in [2.75, 3.05) is 6.61 Å². The molecule has 1 aromatic carbocycles. The van der Waals surface area contributed by atoms with Crippen LogP contribution in [0.25, 0.3) is 0 Å². The number of carbonyl (C=O) groups is 1. The Morgan fingerprint density at radius 1 is 1.35 bits per heavy atom. The van der Waals surface area contributed by atoms with Crippen LogP contribution in [0.5, 0.6) is 5.75 Å². The molecule has 4 nitrogen and oxygen atoms in total. The van der Waals surface area contributed by atoms with Crippen molar-refractivity contribution in [2.45, 2.75) is 52.1 Å². The quantitative estimate of drug-likeness (QED) is 0.835. The van der Waals surface area contributed by atoms with Crippen molar-refractivity contribution < 1.29 is 9.53 Å². The van der Waals surface area contributed by atoms with Crippen LogP contribution in [0.15, 0.2) is 24.3 Å². The topological polar surface area (TPSA) is 64.3 Å². The van der Waals surface area contributed by atoms with Gasteiger partial charge in [-0.3, -0.25) is 4.79 Å². The molecule has 0 aromatic heterocycles. The Morgan fingerprint density at radius 3 is 2.78 bits per heavy atom. The molecule has 0 heterocycles. The van der Waals surface area contributed by atoms with Crippen LogP contribution in [0, 0.1) is 11.8 Å². The number of amides is 1. The first-order valence-electron chi connectivity index (χ1n) is 8.30. The van der Waals surface area contributed by atoms with Crippen molar-refractivity contribution >= 4 is 18.3 Å². The van der Waals surface area contributed by atoms with Crippen molar-refractivity contribution in [3.05, 3.63) is 29.8 Å². The number of nitrogens with two attached hydrogens (primary N) is 1. The minimum Gasteiger partial charge on any atom is -0.493 e. The summed E-state index contributed by atoms with van der Waals surface area (Å²) in [6.45, 7) is 5.44. The van der Waals surface area contributed by atoms with Gasteiger partial charge in [0, 0.05) is 24.1 Å². The zero-order valence-electron chi connectivity index (χ0n) is 14.1. The minimum atomic E-state index is 0. The number of hydrogen-bond acceptors (Lipinski definition) is 3. The van der Waals surface area contributed by atoms with Gasteiger partial charge in [0.25, 0.3) is 0 Å². The highest BCUT2D eigenvalue weighted by Gasteiger charge is 2.25. The SMILES string of the molecule is CC(C)COc1ccccc1CNC(=O)C1CCCC(N)C1.Cl. The standard InChI is InChI=1S/C18H28N2O2.ClH/c1-13(2)12-22-17-9-4-3-6-15(17)11-20-18(21)14-7-5-8-16(19)10-14;/h3-4,6,9,13-14,16H,5,7-8,10-12,19H2,1-2H3,(H,20,21);1H. The molecule has 0 radical (unpaired) electrons. The molecule has 23 heavy (non-hydrogen) atoms. The Kier molecular flexibility index (Phi) is 8.42. The predicted molar refractivity (Wildman–Crippen MR) is 95.8 cm³/mol. The number of para-hydroxylation sites is 1. The van der Waals surface area contributed by atoms with Gasteiger partial charge in [-0.1, -0.05) is 38.5 Å². The maximum absolute atomic E-state index is 12.3. The van der Waals surface area contributed by atoms with Gasteiger partial charge in [0.15, 0.2) is 0 Å². The minimum absolute atomic E-state index is 0. The van der Waals surface area contributed by atoms with E-state index < -0.39 is 0 Å². The Hall–Kier alpha value is -1.26. The maximum Gasteiger partial charge on any atom is 0.223 e. The zero-order valence-corrected chi connectivity index (χ0v) is 14.9. The lowest BCUT2D eigenvalue weighted by Crippen LogP contribution is -2.37. The summed E-state index contributed by atoms with van der Waals surface area (Å²) in [7, 11) is 0. The van der Waals surface area contributed by atoms with Crippen LogP contribution in [0.1, 0.15) is 45.1 Å². The molecular weight excluding hydrogens is 312 g/mol. The fourth-order valence-corrected chi connectivity index (χ4v) is 2.84. The van der Waals surface area contributed by atoms with Crippen molar-refractivity contribution in [3.8, 4) is 5.75 Å². The maximum atomic E-state index is 12.3. The van der Waals surface area contributed by atoms with Gasteiger partial charge in [0.1, 0.15) is 5.75 Å². The van der Waals surface area contributed by atoms with Crippen LogP contribution in [-0.2, 0) is 11.3 Å². The lowest BCUT2D eigenvalue weighted by Gasteiger charge is -2.25. The average molecular weight is 341 g/mol. The summed E-state index contributed by atoms with van der Waals surface area (Å²) in [5.74, 6) is 1.52. The molecule has 1 saturated carbocycles. The third-order valence-corrected chi connectivity index (χ3v) is 4.08. The lowest BCUT2D eigenvalue weighted by molar-refractivity contribution is -0.126. The van der Waals surface area contributed by atoms with Crippen molar-refractivity contribution in [1.82, 2.24) is 5.32 Å². The van der Waals surface area contributed by atoms with E-state index >= 15 is 0 Å². The van der Waals surface area contributed by atoms with E-state index in [0.717, 1.165) is 37.0 Å². The molecule has 5 heteroatoms. The second-order valence-corrected chi connectivity index (χ2v) is 6.65. The van der Waals surface area contributed by atoms with E-state index in [9.17, 15) is 4.79 Å². The Labute approximate surface area is 145 Å². The molecule has 0 bridgehead atoms. The number of halogens is 1. The Balaban J connectivity index is 0.00000264. The van der Waals surface area contributed by atoms with E-state index in [1.807, 2.05) is 24.3 Å². The molecule has 130 valence electrons. The highest BCUT2D eigenvalue weighted by Crippen LogP contribution is 2.24. The molecule has 2 unspecified atom stereocenters. The number of rotatable bonds is 6.